The average molecular weight is 323 g/mol. The van der Waals surface area contributed by atoms with Gasteiger partial charge in [0.15, 0.2) is 0 Å². The molecule has 6 heteroatoms. The highest BCUT2D eigenvalue weighted by atomic mass is 32.2. The normalized spacial score (nSPS) is 36.9. The van der Waals surface area contributed by atoms with E-state index in [0.717, 1.165) is 17.8 Å². The number of hydrogen-bond acceptors (Lipinski definition) is 5. The third-order valence-electron chi connectivity index (χ3n) is 5.44. The third kappa shape index (κ3) is 2.50. The van der Waals surface area contributed by atoms with E-state index >= 15 is 0 Å². The predicted molar refractivity (Wildman–Crippen MR) is 86.8 cm³/mol. The zero-order valence-corrected chi connectivity index (χ0v) is 13.9. The predicted octanol–water partition coefficient (Wildman–Crippen LogP) is 3.31. The Morgan fingerprint density at radius 3 is 2.43 bits per heavy atom. The van der Waals surface area contributed by atoms with Gasteiger partial charge in [-0.25, -0.2) is 0 Å². The Morgan fingerprint density at radius 2 is 1.86 bits per heavy atom. The van der Waals surface area contributed by atoms with Gasteiger partial charge in [-0.15, -0.1) is 10.2 Å². The van der Waals surface area contributed by atoms with E-state index in [1.807, 2.05) is 6.26 Å². The van der Waals surface area contributed by atoms with Crippen LogP contribution in [0.4, 0.5) is 5.13 Å². The monoisotopic (exact) mass is 323 g/mol. The number of nitrogens with zero attached hydrogens (tertiary/aromatic N) is 2. The van der Waals surface area contributed by atoms with Crippen LogP contribution in [0.5, 0.6) is 0 Å². The summed E-state index contributed by atoms with van der Waals surface area (Å²) < 4.78 is 0. The van der Waals surface area contributed by atoms with Crippen LogP contribution in [0, 0.1) is 17.8 Å². The molecule has 4 aliphatic rings. The van der Waals surface area contributed by atoms with Crippen LogP contribution < -0.4 is 5.32 Å². The number of hydrogen-bond donors (Lipinski definition) is 1. The molecule has 4 saturated carbocycles. The van der Waals surface area contributed by atoms with Crippen molar-refractivity contribution in [1.82, 2.24) is 10.2 Å². The number of anilines is 1. The first kappa shape index (κ1) is 14.0. The maximum Gasteiger partial charge on any atom is 0.236 e. The van der Waals surface area contributed by atoms with Crippen molar-refractivity contribution in [2.45, 2.75) is 43.9 Å². The highest BCUT2D eigenvalue weighted by Gasteiger charge is 2.53. The lowest BCUT2D eigenvalue weighted by Gasteiger charge is -2.55. The Bertz CT molecular complexity index is 522. The molecule has 1 heterocycles. The van der Waals surface area contributed by atoms with Crippen LogP contribution in [-0.4, -0.2) is 28.1 Å². The number of carbonyl (C=O) groups excluding carboxylic acids is 1. The molecule has 114 valence electrons. The third-order valence-corrected chi connectivity index (χ3v) is 7.07. The van der Waals surface area contributed by atoms with E-state index in [1.54, 1.807) is 11.3 Å². The van der Waals surface area contributed by atoms with E-state index in [1.165, 1.54) is 55.3 Å². The molecule has 0 aliphatic heterocycles. The van der Waals surface area contributed by atoms with Crippen molar-refractivity contribution in [3.05, 3.63) is 5.01 Å². The Morgan fingerprint density at radius 1 is 1.24 bits per heavy atom. The number of thioether (sulfide) groups is 1. The first-order chi connectivity index (χ1) is 10.2. The fourth-order valence-electron chi connectivity index (χ4n) is 5.15. The summed E-state index contributed by atoms with van der Waals surface area (Å²) in [5.74, 6) is 3.24. The van der Waals surface area contributed by atoms with Gasteiger partial charge in [-0.05, 0) is 62.5 Å². The number of aromatic nitrogens is 2. The van der Waals surface area contributed by atoms with Gasteiger partial charge >= 0.3 is 0 Å². The quantitative estimate of drug-likeness (QED) is 0.923. The molecular formula is C15H21N3OS2. The molecule has 0 unspecified atom stereocenters. The minimum absolute atomic E-state index is 0.0238. The highest BCUT2D eigenvalue weighted by molar-refractivity contribution is 7.99. The van der Waals surface area contributed by atoms with Crippen LogP contribution in [0.15, 0.2) is 0 Å². The van der Waals surface area contributed by atoms with Crippen molar-refractivity contribution in [3.8, 4) is 0 Å². The van der Waals surface area contributed by atoms with Gasteiger partial charge in [0.2, 0.25) is 11.0 Å². The topological polar surface area (TPSA) is 54.9 Å². The fraction of sp³-hybridized carbons (Fsp3) is 0.800. The number of carbonyl (C=O) groups is 1. The molecule has 1 aromatic heterocycles. The van der Waals surface area contributed by atoms with Crippen molar-refractivity contribution in [2.24, 2.45) is 17.8 Å². The molecule has 4 fully saturated rings. The van der Waals surface area contributed by atoms with Gasteiger partial charge in [0, 0.05) is 5.41 Å². The molecular weight excluding hydrogens is 302 g/mol. The maximum absolute atomic E-state index is 11.7. The summed E-state index contributed by atoms with van der Waals surface area (Å²) in [6, 6.07) is 0. The summed E-state index contributed by atoms with van der Waals surface area (Å²) in [6.07, 6.45) is 10.1. The van der Waals surface area contributed by atoms with Crippen LogP contribution >= 0.6 is 23.1 Å². The number of amides is 1. The molecule has 4 aliphatic carbocycles. The van der Waals surface area contributed by atoms with Crippen LogP contribution in [0.2, 0.25) is 0 Å². The molecule has 5 rings (SSSR count). The fourth-order valence-corrected chi connectivity index (χ4v) is 6.46. The molecule has 0 atom stereocenters. The molecule has 0 aromatic carbocycles. The Balaban J connectivity index is 1.54. The van der Waals surface area contributed by atoms with Crippen molar-refractivity contribution >= 4 is 34.1 Å². The second-order valence-corrected chi connectivity index (χ2v) is 8.93. The van der Waals surface area contributed by atoms with E-state index in [4.69, 9.17) is 0 Å². The van der Waals surface area contributed by atoms with Crippen LogP contribution in [0.3, 0.4) is 0 Å². The van der Waals surface area contributed by atoms with E-state index in [2.05, 4.69) is 15.5 Å². The van der Waals surface area contributed by atoms with Crippen molar-refractivity contribution < 1.29 is 4.79 Å². The van der Waals surface area contributed by atoms with E-state index in [9.17, 15) is 4.79 Å². The molecule has 21 heavy (non-hydrogen) atoms. The van der Waals surface area contributed by atoms with Crippen molar-refractivity contribution in [3.63, 3.8) is 0 Å². The minimum atomic E-state index is 0.0238. The van der Waals surface area contributed by atoms with E-state index < -0.39 is 0 Å². The molecule has 0 spiro atoms. The first-order valence-electron chi connectivity index (χ1n) is 7.79. The standard InChI is InChI=1S/C15H21N3OS2/c1-20-8-12(19)16-14-18-17-13(21-14)15-5-9-2-10(6-15)4-11(3-9)7-15/h9-11H,2-8H2,1H3,(H,16,18,19). The van der Waals surface area contributed by atoms with Gasteiger partial charge in [0.25, 0.3) is 0 Å². The lowest BCUT2D eigenvalue weighted by atomic mass is 9.50. The van der Waals surface area contributed by atoms with Gasteiger partial charge in [-0.3, -0.25) is 10.1 Å². The zero-order valence-electron chi connectivity index (χ0n) is 12.3. The lowest BCUT2D eigenvalue weighted by Crippen LogP contribution is -2.48. The largest absolute Gasteiger partial charge is 0.300 e. The maximum atomic E-state index is 11.7. The van der Waals surface area contributed by atoms with Crippen molar-refractivity contribution in [1.29, 1.82) is 0 Å². The van der Waals surface area contributed by atoms with Gasteiger partial charge in [-0.2, -0.15) is 11.8 Å². The second-order valence-electron chi connectivity index (χ2n) is 7.09. The highest BCUT2D eigenvalue weighted by Crippen LogP contribution is 2.61. The zero-order chi connectivity index (χ0) is 14.4. The molecule has 4 nitrogen and oxygen atoms in total. The van der Waals surface area contributed by atoms with Crippen LogP contribution in [0.25, 0.3) is 0 Å². The summed E-state index contributed by atoms with van der Waals surface area (Å²) in [5, 5.41) is 13.4. The van der Waals surface area contributed by atoms with E-state index in [-0.39, 0.29) is 11.3 Å². The molecule has 0 radical (unpaired) electrons. The summed E-state index contributed by atoms with van der Waals surface area (Å²) in [7, 11) is 0. The number of nitrogens with one attached hydrogen (secondary N) is 1. The van der Waals surface area contributed by atoms with Gasteiger partial charge < -0.3 is 0 Å². The summed E-state index contributed by atoms with van der Waals surface area (Å²) in [4.78, 5) is 11.7. The second kappa shape index (κ2) is 5.23. The summed E-state index contributed by atoms with van der Waals surface area (Å²) in [5.41, 5.74) is 0.287. The van der Waals surface area contributed by atoms with Gasteiger partial charge in [0.05, 0.1) is 5.75 Å². The SMILES string of the molecule is CSCC(=O)Nc1nnc(C23CC4CC(CC(C4)C2)C3)s1. The Kier molecular flexibility index (Phi) is 3.49. The molecule has 1 N–H and O–H groups in total. The lowest BCUT2D eigenvalue weighted by molar-refractivity contribution is -0.113. The van der Waals surface area contributed by atoms with E-state index in [0.29, 0.717) is 10.9 Å². The van der Waals surface area contributed by atoms with Crippen LogP contribution in [0.1, 0.15) is 43.5 Å². The number of rotatable bonds is 4. The smallest absolute Gasteiger partial charge is 0.236 e. The summed E-state index contributed by atoms with van der Waals surface area (Å²) >= 11 is 3.14. The van der Waals surface area contributed by atoms with Crippen molar-refractivity contribution in [2.75, 3.05) is 17.3 Å². The Labute approximate surface area is 133 Å². The van der Waals surface area contributed by atoms with Crippen LogP contribution in [-0.2, 0) is 10.2 Å². The molecule has 1 amide bonds. The molecule has 0 saturated heterocycles. The van der Waals surface area contributed by atoms with Gasteiger partial charge in [-0.1, -0.05) is 11.3 Å². The minimum Gasteiger partial charge on any atom is -0.300 e. The first-order valence-corrected chi connectivity index (χ1v) is 10.0. The average Bonchev–Trinajstić information content (AvgIpc) is 2.86. The Hall–Kier alpha value is -0.620. The molecule has 4 bridgehead atoms. The molecule has 1 aromatic rings. The van der Waals surface area contributed by atoms with Gasteiger partial charge in [0.1, 0.15) is 5.01 Å². The summed E-state index contributed by atoms with van der Waals surface area (Å²) in [6.45, 7) is 0.